The van der Waals surface area contributed by atoms with Crippen LogP contribution in [0.5, 0.6) is 0 Å². The molecule has 2 aromatic heterocycles. The lowest BCUT2D eigenvalue weighted by molar-refractivity contribution is 0.102. The van der Waals surface area contributed by atoms with Crippen molar-refractivity contribution in [3.8, 4) is 0 Å². The summed E-state index contributed by atoms with van der Waals surface area (Å²) in [5, 5.41) is 2.70. The minimum absolute atomic E-state index is 0.0112. The summed E-state index contributed by atoms with van der Waals surface area (Å²) in [4.78, 5) is 31.8. The highest BCUT2D eigenvalue weighted by atomic mass is 35.5. The lowest BCUT2D eigenvalue weighted by Gasteiger charge is -2.08. The number of halogens is 1. The smallest absolute Gasteiger partial charge is 0.277 e. The Bertz CT molecular complexity index is 1180. The molecule has 0 bridgehead atoms. The first-order valence-electron chi connectivity index (χ1n) is 7.61. The van der Waals surface area contributed by atoms with Crippen LogP contribution in [0.1, 0.15) is 15.9 Å². The first-order valence-corrected chi connectivity index (χ1v) is 7.99. The van der Waals surface area contributed by atoms with E-state index in [1.807, 2.05) is 43.3 Å². The number of benzene rings is 2. The number of para-hydroxylation sites is 2. The van der Waals surface area contributed by atoms with Crippen LogP contribution in [0.4, 0.5) is 5.69 Å². The summed E-state index contributed by atoms with van der Waals surface area (Å²) >= 11 is 6.41. The molecule has 4 rings (SSSR count). The van der Waals surface area contributed by atoms with Gasteiger partial charge in [0, 0.05) is 5.56 Å². The number of imidazole rings is 1. The van der Waals surface area contributed by atoms with Crippen LogP contribution in [0, 0.1) is 6.92 Å². The Morgan fingerprint density at radius 3 is 2.64 bits per heavy atom. The van der Waals surface area contributed by atoms with Crippen LogP contribution in [-0.4, -0.2) is 20.3 Å². The second-order valence-corrected chi connectivity index (χ2v) is 6.06. The van der Waals surface area contributed by atoms with Gasteiger partial charge in [0.25, 0.3) is 11.5 Å². The molecule has 25 heavy (non-hydrogen) atoms. The molecule has 1 amide bonds. The van der Waals surface area contributed by atoms with Gasteiger partial charge in [-0.15, -0.1) is 0 Å². The summed E-state index contributed by atoms with van der Waals surface area (Å²) < 4.78 is 1.60. The van der Waals surface area contributed by atoms with Crippen molar-refractivity contribution in [2.45, 2.75) is 6.92 Å². The molecular weight excluding hydrogens is 340 g/mol. The zero-order chi connectivity index (χ0) is 17.6. The number of aryl methyl sites for hydroxylation is 1. The molecule has 4 aromatic rings. The monoisotopic (exact) mass is 352 g/mol. The van der Waals surface area contributed by atoms with Crippen LogP contribution in [0.15, 0.2) is 53.3 Å². The molecule has 0 saturated heterocycles. The van der Waals surface area contributed by atoms with E-state index in [2.05, 4.69) is 15.3 Å². The highest BCUT2D eigenvalue weighted by Gasteiger charge is 2.17. The molecule has 124 valence electrons. The fourth-order valence-corrected chi connectivity index (χ4v) is 2.98. The number of carbonyl (C=O) groups excluding carboxylic acids is 1. The molecule has 2 N–H and O–H groups in total. The van der Waals surface area contributed by atoms with Gasteiger partial charge in [0.15, 0.2) is 0 Å². The summed E-state index contributed by atoms with van der Waals surface area (Å²) in [5.74, 6) is -0.0827. The zero-order valence-electron chi connectivity index (χ0n) is 13.2. The van der Waals surface area contributed by atoms with E-state index < -0.39 is 11.5 Å². The normalized spacial score (nSPS) is 11.1. The maximum atomic E-state index is 12.4. The number of nitrogens with zero attached hydrogens (tertiary/aromatic N) is 2. The van der Waals surface area contributed by atoms with Crippen LogP contribution >= 0.6 is 11.6 Å². The van der Waals surface area contributed by atoms with Crippen LogP contribution in [0.2, 0.25) is 5.15 Å². The number of nitrogens with one attached hydrogen (secondary N) is 2. The predicted octanol–water partition coefficient (Wildman–Crippen LogP) is 3.39. The number of H-pyrrole nitrogens is 1. The van der Waals surface area contributed by atoms with E-state index in [0.29, 0.717) is 16.9 Å². The van der Waals surface area contributed by atoms with Gasteiger partial charge in [-0.1, -0.05) is 41.4 Å². The Balaban J connectivity index is 1.84. The Labute approximate surface area is 147 Å². The SMILES string of the molecule is Cc1ccc(C(=O)Nc2c(Cl)n3c(nc4ccccc43)[nH]c2=O)cc1. The summed E-state index contributed by atoms with van der Waals surface area (Å²) in [6.07, 6.45) is 0. The summed E-state index contributed by atoms with van der Waals surface area (Å²) in [7, 11) is 0. The molecule has 0 saturated carbocycles. The van der Waals surface area contributed by atoms with Gasteiger partial charge < -0.3 is 5.32 Å². The molecule has 0 aliphatic carbocycles. The maximum Gasteiger partial charge on any atom is 0.277 e. The summed E-state index contributed by atoms with van der Waals surface area (Å²) in [6, 6.07) is 14.4. The van der Waals surface area contributed by atoms with Crippen molar-refractivity contribution in [1.29, 1.82) is 0 Å². The fourth-order valence-electron chi connectivity index (χ4n) is 2.68. The number of aromatic amines is 1. The second kappa shape index (κ2) is 5.75. The van der Waals surface area contributed by atoms with Crippen molar-refractivity contribution in [2.75, 3.05) is 5.32 Å². The minimum atomic E-state index is -0.506. The number of hydrogen-bond donors (Lipinski definition) is 2. The van der Waals surface area contributed by atoms with E-state index in [0.717, 1.165) is 11.1 Å². The number of carbonyl (C=O) groups is 1. The first kappa shape index (κ1) is 15.4. The van der Waals surface area contributed by atoms with Crippen LogP contribution in [-0.2, 0) is 0 Å². The molecule has 0 atom stereocenters. The molecule has 2 aromatic carbocycles. The van der Waals surface area contributed by atoms with E-state index in [1.54, 1.807) is 16.5 Å². The van der Waals surface area contributed by atoms with Gasteiger partial charge in [-0.25, -0.2) is 4.98 Å². The molecule has 0 spiro atoms. The first-order chi connectivity index (χ1) is 12.0. The quantitative estimate of drug-likeness (QED) is 0.543. The average Bonchev–Trinajstić information content (AvgIpc) is 2.97. The molecule has 0 radical (unpaired) electrons. The average molecular weight is 353 g/mol. The van der Waals surface area contributed by atoms with Crippen molar-refractivity contribution in [3.05, 3.63) is 75.2 Å². The molecule has 0 aliphatic rings. The largest absolute Gasteiger partial charge is 0.315 e. The van der Waals surface area contributed by atoms with E-state index in [-0.39, 0.29) is 10.8 Å². The number of anilines is 1. The van der Waals surface area contributed by atoms with Gasteiger partial charge in [-0.3, -0.25) is 19.0 Å². The van der Waals surface area contributed by atoms with Gasteiger partial charge in [0.05, 0.1) is 11.0 Å². The number of amides is 1. The van der Waals surface area contributed by atoms with E-state index in [1.165, 1.54) is 0 Å². The Kier molecular flexibility index (Phi) is 3.54. The maximum absolute atomic E-state index is 12.4. The number of fused-ring (bicyclic) bond motifs is 3. The molecule has 6 nitrogen and oxygen atoms in total. The van der Waals surface area contributed by atoms with Gasteiger partial charge in [0.2, 0.25) is 5.78 Å². The topological polar surface area (TPSA) is 79.3 Å². The van der Waals surface area contributed by atoms with Gasteiger partial charge in [0.1, 0.15) is 10.8 Å². The van der Waals surface area contributed by atoms with Crippen LogP contribution < -0.4 is 10.9 Å². The second-order valence-electron chi connectivity index (χ2n) is 5.70. The lowest BCUT2D eigenvalue weighted by Crippen LogP contribution is -2.22. The standard InChI is InChI=1S/C18H13ClN4O2/c1-10-6-8-11(9-7-10)16(24)21-14-15(19)23-13-5-3-2-4-12(13)20-18(23)22-17(14)25/h2-9H,1H3,(H,21,24)(H,20,22,25). The Morgan fingerprint density at radius 1 is 1.16 bits per heavy atom. The van der Waals surface area contributed by atoms with E-state index in [4.69, 9.17) is 11.6 Å². The highest BCUT2D eigenvalue weighted by molar-refractivity contribution is 6.33. The van der Waals surface area contributed by atoms with Crippen molar-refractivity contribution >= 4 is 40.0 Å². The third-order valence-electron chi connectivity index (χ3n) is 3.97. The number of hydrogen-bond acceptors (Lipinski definition) is 3. The van der Waals surface area contributed by atoms with Gasteiger partial charge in [-0.05, 0) is 31.2 Å². The van der Waals surface area contributed by atoms with E-state index >= 15 is 0 Å². The van der Waals surface area contributed by atoms with Crippen molar-refractivity contribution in [2.24, 2.45) is 0 Å². The van der Waals surface area contributed by atoms with E-state index in [9.17, 15) is 9.59 Å². The number of rotatable bonds is 2. The van der Waals surface area contributed by atoms with Crippen molar-refractivity contribution in [1.82, 2.24) is 14.4 Å². The van der Waals surface area contributed by atoms with Gasteiger partial charge >= 0.3 is 0 Å². The van der Waals surface area contributed by atoms with Crippen LogP contribution in [0.25, 0.3) is 16.8 Å². The molecule has 0 unspecified atom stereocenters. The minimum Gasteiger partial charge on any atom is -0.315 e. The summed E-state index contributed by atoms with van der Waals surface area (Å²) in [6.45, 7) is 1.93. The van der Waals surface area contributed by atoms with Crippen LogP contribution in [0.3, 0.4) is 0 Å². The zero-order valence-corrected chi connectivity index (χ0v) is 14.0. The molecule has 0 aliphatic heterocycles. The number of aromatic nitrogens is 3. The molecule has 0 fully saturated rings. The third-order valence-corrected chi connectivity index (χ3v) is 4.33. The predicted molar refractivity (Wildman–Crippen MR) is 97.5 cm³/mol. The summed E-state index contributed by atoms with van der Waals surface area (Å²) in [5.41, 5.74) is 2.40. The van der Waals surface area contributed by atoms with Gasteiger partial charge in [-0.2, -0.15) is 0 Å². The Hall–Kier alpha value is -3.12. The molecule has 7 heteroatoms. The van der Waals surface area contributed by atoms with Crippen molar-refractivity contribution in [3.63, 3.8) is 0 Å². The fraction of sp³-hybridized carbons (Fsp3) is 0.0556. The Morgan fingerprint density at radius 2 is 1.88 bits per heavy atom. The molecular formula is C18H13ClN4O2. The van der Waals surface area contributed by atoms with Crippen molar-refractivity contribution < 1.29 is 4.79 Å². The lowest BCUT2D eigenvalue weighted by atomic mass is 10.1. The molecule has 2 heterocycles. The highest BCUT2D eigenvalue weighted by Crippen LogP contribution is 2.24. The third kappa shape index (κ3) is 2.56.